The van der Waals surface area contributed by atoms with Crippen LogP contribution in [0.15, 0.2) is 18.5 Å². The molecule has 0 spiro atoms. The number of amides is 3. The Kier molecular flexibility index (Phi) is 4.40. The van der Waals surface area contributed by atoms with Gasteiger partial charge in [-0.2, -0.15) is 0 Å². The molecular weight excluding hydrogens is 330 g/mol. The van der Waals surface area contributed by atoms with Gasteiger partial charge < -0.3 is 9.88 Å². The Hall–Kier alpha value is -2.41. The molecule has 0 aromatic carbocycles. The molecule has 2 aliphatic heterocycles. The maximum Gasteiger partial charge on any atom is 0.328 e. The number of carbonyl (C=O) groups excluding carboxylic acids is 2. The van der Waals surface area contributed by atoms with Crippen LogP contribution in [0.1, 0.15) is 50.6 Å². The number of piperidine rings is 1. The summed E-state index contributed by atoms with van der Waals surface area (Å²) in [6, 6.07) is 2.14. The number of hydrogen-bond donors (Lipinski definition) is 2. The molecule has 0 atom stereocenters. The molecule has 7 heteroatoms. The first-order valence-electron chi connectivity index (χ1n) is 9.37. The van der Waals surface area contributed by atoms with Crippen LogP contribution in [-0.2, 0) is 4.79 Å². The molecule has 3 amide bonds. The second-order valence-corrected chi connectivity index (χ2v) is 7.45. The van der Waals surface area contributed by atoms with Crippen molar-refractivity contribution in [3.63, 3.8) is 0 Å². The lowest BCUT2D eigenvalue weighted by atomic mass is 10.0. The third-order valence-electron chi connectivity index (χ3n) is 5.38. The number of pyridine rings is 1. The Morgan fingerprint density at radius 1 is 1.23 bits per heavy atom. The van der Waals surface area contributed by atoms with Gasteiger partial charge in [-0.15, -0.1) is 0 Å². The van der Waals surface area contributed by atoms with Crippen LogP contribution in [0.2, 0.25) is 0 Å². The summed E-state index contributed by atoms with van der Waals surface area (Å²) < 4.78 is 2.31. The molecule has 0 saturated carbocycles. The number of imide groups is 1. The van der Waals surface area contributed by atoms with Crippen LogP contribution in [0.25, 0.3) is 11.0 Å². The lowest BCUT2D eigenvalue weighted by Gasteiger charge is -2.27. The molecule has 26 heavy (non-hydrogen) atoms. The van der Waals surface area contributed by atoms with E-state index in [1.807, 2.05) is 6.07 Å². The van der Waals surface area contributed by atoms with E-state index in [4.69, 9.17) is 4.98 Å². The van der Waals surface area contributed by atoms with Crippen molar-refractivity contribution in [2.45, 2.75) is 45.1 Å². The molecule has 0 aliphatic carbocycles. The summed E-state index contributed by atoms with van der Waals surface area (Å²) >= 11 is 0. The molecule has 2 aromatic heterocycles. The fraction of sp³-hybridized carbons (Fsp3) is 0.526. The second kappa shape index (κ2) is 6.72. The van der Waals surface area contributed by atoms with Crippen LogP contribution in [-0.4, -0.2) is 41.1 Å². The average Bonchev–Trinajstić information content (AvgIpc) is 3.01. The first-order chi connectivity index (χ1) is 12.5. The number of anilines is 1. The Morgan fingerprint density at radius 2 is 2.00 bits per heavy atom. The summed E-state index contributed by atoms with van der Waals surface area (Å²) in [5.41, 5.74) is 2.98. The van der Waals surface area contributed by atoms with Crippen LogP contribution in [0.5, 0.6) is 0 Å². The van der Waals surface area contributed by atoms with Crippen molar-refractivity contribution in [2.75, 3.05) is 24.5 Å². The third-order valence-corrected chi connectivity index (χ3v) is 5.38. The van der Waals surface area contributed by atoms with Crippen LogP contribution >= 0.6 is 0 Å². The number of hydrogen-bond acceptors (Lipinski definition) is 4. The van der Waals surface area contributed by atoms with E-state index in [1.54, 1.807) is 11.1 Å². The molecule has 2 saturated heterocycles. The van der Waals surface area contributed by atoms with Gasteiger partial charge in [0.2, 0.25) is 5.91 Å². The third kappa shape index (κ3) is 2.96. The smallest absolute Gasteiger partial charge is 0.328 e. The Morgan fingerprint density at radius 3 is 2.69 bits per heavy atom. The first-order valence-corrected chi connectivity index (χ1v) is 9.37. The van der Waals surface area contributed by atoms with Gasteiger partial charge in [-0.3, -0.25) is 15.0 Å². The number of urea groups is 1. The molecule has 0 radical (unpaired) electrons. The molecule has 138 valence electrons. The zero-order valence-corrected chi connectivity index (χ0v) is 15.3. The van der Waals surface area contributed by atoms with Crippen molar-refractivity contribution in [3.8, 4) is 0 Å². The van der Waals surface area contributed by atoms with Crippen molar-refractivity contribution in [1.29, 1.82) is 0 Å². The van der Waals surface area contributed by atoms with Gasteiger partial charge in [-0.25, -0.2) is 9.78 Å². The van der Waals surface area contributed by atoms with E-state index in [0.717, 1.165) is 42.7 Å². The minimum absolute atomic E-state index is 0.222. The highest BCUT2D eigenvalue weighted by atomic mass is 16.2. The maximum atomic E-state index is 12.2. The summed E-state index contributed by atoms with van der Waals surface area (Å²) in [4.78, 5) is 29.9. The molecule has 4 rings (SSSR count). The van der Waals surface area contributed by atoms with Gasteiger partial charge in [0.15, 0.2) is 0 Å². The van der Waals surface area contributed by atoms with E-state index < -0.39 is 0 Å². The van der Waals surface area contributed by atoms with Crippen molar-refractivity contribution in [3.05, 3.63) is 24.0 Å². The van der Waals surface area contributed by atoms with Crippen molar-refractivity contribution >= 4 is 28.7 Å². The number of carbonyl (C=O) groups is 2. The quantitative estimate of drug-likeness (QED) is 0.887. The molecule has 2 aliphatic rings. The summed E-state index contributed by atoms with van der Waals surface area (Å²) in [5, 5.41) is 6.89. The minimum atomic E-state index is -0.369. The lowest BCUT2D eigenvalue weighted by Crippen LogP contribution is -2.49. The van der Waals surface area contributed by atoms with Crippen LogP contribution < -0.4 is 15.5 Å². The lowest BCUT2D eigenvalue weighted by molar-refractivity contribution is -0.120. The van der Waals surface area contributed by atoms with E-state index in [9.17, 15) is 9.59 Å². The predicted molar refractivity (Wildman–Crippen MR) is 100 cm³/mol. The highest BCUT2D eigenvalue weighted by molar-refractivity contribution is 6.06. The zero-order valence-electron chi connectivity index (χ0n) is 15.3. The summed E-state index contributed by atoms with van der Waals surface area (Å²) in [7, 11) is 0. The van der Waals surface area contributed by atoms with E-state index in [-0.39, 0.29) is 11.9 Å². The number of fused-ring (bicyclic) bond motifs is 1. The summed E-state index contributed by atoms with van der Waals surface area (Å²) in [5.74, 6) is 0.148. The normalized spacial score (nSPS) is 19.4. The SMILES string of the molecule is CC(C)c1cn(C2CCNCC2)c2ncc(N3CCC(=O)NC3=O)cc12. The fourth-order valence-corrected chi connectivity index (χ4v) is 3.93. The van der Waals surface area contributed by atoms with Crippen molar-refractivity contribution in [1.82, 2.24) is 20.2 Å². The first kappa shape index (κ1) is 17.0. The molecule has 2 aromatic rings. The molecule has 0 bridgehead atoms. The van der Waals surface area contributed by atoms with E-state index in [2.05, 4.69) is 35.2 Å². The molecule has 0 unspecified atom stereocenters. The van der Waals surface area contributed by atoms with Gasteiger partial charge in [-0.05, 0) is 43.5 Å². The number of nitrogens with zero attached hydrogens (tertiary/aromatic N) is 3. The van der Waals surface area contributed by atoms with Gasteiger partial charge in [-0.1, -0.05) is 13.8 Å². The number of aromatic nitrogens is 2. The van der Waals surface area contributed by atoms with E-state index in [1.165, 1.54) is 5.56 Å². The maximum absolute atomic E-state index is 12.2. The molecular formula is C19H25N5O2. The van der Waals surface area contributed by atoms with Gasteiger partial charge in [0.1, 0.15) is 5.65 Å². The Labute approximate surface area is 152 Å². The average molecular weight is 355 g/mol. The van der Waals surface area contributed by atoms with Crippen molar-refractivity contribution < 1.29 is 9.59 Å². The summed E-state index contributed by atoms with van der Waals surface area (Å²) in [6.07, 6.45) is 6.50. The second-order valence-electron chi connectivity index (χ2n) is 7.45. The minimum Gasteiger partial charge on any atom is -0.329 e. The standard InChI is InChI=1S/C19H25N5O2/c1-12(2)16-11-24(13-3-6-20-7-4-13)18-15(16)9-14(10-21-18)23-8-5-17(25)22-19(23)26/h9-13,20H,3-8H2,1-2H3,(H,22,25,26). The predicted octanol–water partition coefficient (Wildman–Crippen LogP) is 2.53. The van der Waals surface area contributed by atoms with E-state index >= 15 is 0 Å². The van der Waals surface area contributed by atoms with Gasteiger partial charge in [0.25, 0.3) is 0 Å². The van der Waals surface area contributed by atoms with E-state index in [0.29, 0.717) is 24.9 Å². The highest BCUT2D eigenvalue weighted by Crippen LogP contribution is 2.33. The van der Waals surface area contributed by atoms with Crippen LogP contribution in [0.4, 0.5) is 10.5 Å². The van der Waals surface area contributed by atoms with Gasteiger partial charge >= 0.3 is 6.03 Å². The zero-order chi connectivity index (χ0) is 18.3. The summed E-state index contributed by atoms with van der Waals surface area (Å²) in [6.45, 7) is 6.81. The van der Waals surface area contributed by atoms with Crippen LogP contribution in [0, 0.1) is 0 Å². The van der Waals surface area contributed by atoms with Gasteiger partial charge in [0.05, 0.1) is 11.9 Å². The molecule has 2 fully saturated rings. The molecule has 7 nitrogen and oxygen atoms in total. The number of rotatable bonds is 3. The topological polar surface area (TPSA) is 79.3 Å². The number of nitrogens with one attached hydrogen (secondary N) is 2. The fourth-order valence-electron chi connectivity index (χ4n) is 3.93. The Bertz CT molecular complexity index is 851. The highest BCUT2D eigenvalue weighted by Gasteiger charge is 2.26. The van der Waals surface area contributed by atoms with Crippen molar-refractivity contribution in [2.24, 2.45) is 0 Å². The largest absolute Gasteiger partial charge is 0.329 e. The molecule has 2 N–H and O–H groups in total. The Balaban J connectivity index is 1.76. The van der Waals surface area contributed by atoms with Crippen LogP contribution in [0.3, 0.4) is 0 Å². The monoisotopic (exact) mass is 355 g/mol. The molecule has 4 heterocycles. The van der Waals surface area contributed by atoms with Gasteiger partial charge in [0, 0.05) is 30.6 Å².